The van der Waals surface area contributed by atoms with E-state index in [-0.39, 0.29) is 5.91 Å². The van der Waals surface area contributed by atoms with Crippen molar-refractivity contribution in [3.8, 4) is 11.5 Å². The molecule has 0 saturated heterocycles. The van der Waals surface area contributed by atoms with Crippen molar-refractivity contribution in [3.63, 3.8) is 0 Å². The molecule has 3 rings (SSSR count). The normalized spacial score (nSPS) is 10.7. The summed E-state index contributed by atoms with van der Waals surface area (Å²) in [5, 5.41) is 4.84. The first-order valence-electron chi connectivity index (χ1n) is 9.67. The lowest BCUT2D eigenvalue weighted by atomic mass is 10.1. The summed E-state index contributed by atoms with van der Waals surface area (Å²) in [7, 11) is 4.98. The van der Waals surface area contributed by atoms with Crippen LogP contribution >= 0.6 is 11.6 Å². The molecule has 6 nitrogen and oxygen atoms in total. The summed E-state index contributed by atoms with van der Waals surface area (Å²) >= 11 is 6.53. The molecule has 0 fully saturated rings. The molecule has 2 aromatic carbocycles. The number of hydrogen-bond donors (Lipinski definition) is 0. The zero-order valence-corrected chi connectivity index (χ0v) is 18.4. The molecule has 0 unspecified atom stereocenters. The standard InChI is InChI=1S/C23H26ClN3O3/c1-16-21(22(24)27(25-16)15-18-8-6-5-7-9-18)23(28)26(2)13-12-17-10-11-19(29-3)20(14-17)30-4/h5-11,14H,12-13,15H2,1-4H3. The Morgan fingerprint density at radius 3 is 2.43 bits per heavy atom. The highest BCUT2D eigenvalue weighted by Gasteiger charge is 2.23. The topological polar surface area (TPSA) is 56.6 Å². The second-order valence-electron chi connectivity index (χ2n) is 7.06. The summed E-state index contributed by atoms with van der Waals surface area (Å²) in [5.41, 5.74) is 3.19. The van der Waals surface area contributed by atoms with Crippen LogP contribution in [0.2, 0.25) is 5.15 Å². The number of nitrogens with zero attached hydrogens (tertiary/aromatic N) is 3. The Balaban J connectivity index is 1.70. The monoisotopic (exact) mass is 427 g/mol. The number of methoxy groups -OCH3 is 2. The fourth-order valence-electron chi connectivity index (χ4n) is 3.28. The number of rotatable bonds is 8. The van der Waals surface area contributed by atoms with Crippen LogP contribution in [-0.4, -0.2) is 48.4 Å². The minimum absolute atomic E-state index is 0.141. The van der Waals surface area contributed by atoms with Crippen LogP contribution in [0.1, 0.15) is 27.2 Å². The zero-order chi connectivity index (χ0) is 21.7. The Kier molecular flexibility index (Phi) is 7.00. The lowest BCUT2D eigenvalue weighted by Crippen LogP contribution is -2.29. The third-order valence-corrected chi connectivity index (χ3v) is 5.37. The molecule has 30 heavy (non-hydrogen) atoms. The smallest absolute Gasteiger partial charge is 0.258 e. The van der Waals surface area contributed by atoms with Crippen LogP contribution in [0.4, 0.5) is 0 Å². The number of amides is 1. The van der Waals surface area contributed by atoms with Crippen molar-refractivity contribution in [3.05, 3.63) is 76.1 Å². The highest BCUT2D eigenvalue weighted by Crippen LogP contribution is 2.28. The second-order valence-corrected chi connectivity index (χ2v) is 7.42. The fourth-order valence-corrected chi connectivity index (χ4v) is 3.60. The van der Waals surface area contributed by atoms with Gasteiger partial charge in [-0.2, -0.15) is 5.10 Å². The minimum atomic E-state index is -0.141. The van der Waals surface area contributed by atoms with E-state index in [0.717, 1.165) is 11.1 Å². The predicted octanol–water partition coefficient (Wildman–Crippen LogP) is 4.23. The van der Waals surface area contributed by atoms with E-state index in [1.54, 1.807) is 30.8 Å². The van der Waals surface area contributed by atoms with Gasteiger partial charge < -0.3 is 14.4 Å². The van der Waals surface area contributed by atoms with Gasteiger partial charge >= 0.3 is 0 Å². The summed E-state index contributed by atoms with van der Waals surface area (Å²) in [6.07, 6.45) is 0.678. The molecule has 1 heterocycles. The number of benzene rings is 2. The molecule has 7 heteroatoms. The highest BCUT2D eigenvalue weighted by molar-refractivity contribution is 6.33. The molecule has 0 saturated carbocycles. The molecule has 0 aliphatic carbocycles. The first kappa shape index (κ1) is 21.7. The summed E-state index contributed by atoms with van der Waals surface area (Å²) in [5.74, 6) is 1.21. The van der Waals surface area contributed by atoms with Crippen molar-refractivity contribution in [2.24, 2.45) is 0 Å². The van der Waals surface area contributed by atoms with Crippen molar-refractivity contribution >= 4 is 17.5 Å². The van der Waals surface area contributed by atoms with E-state index in [1.165, 1.54) is 0 Å². The molecule has 1 amide bonds. The molecule has 0 spiro atoms. The van der Waals surface area contributed by atoms with Gasteiger partial charge in [-0.25, -0.2) is 4.68 Å². The quantitative estimate of drug-likeness (QED) is 0.540. The third kappa shape index (κ3) is 4.76. The van der Waals surface area contributed by atoms with Gasteiger partial charge in [0.25, 0.3) is 5.91 Å². The van der Waals surface area contributed by atoms with Crippen molar-refractivity contribution in [1.29, 1.82) is 0 Å². The van der Waals surface area contributed by atoms with E-state index in [2.05, 4.69) is 5.10 Å². The molecule has 3 aromatic rings. The van der Waals surface area contributed by atoms with Gasteiger partial charge in [-0.3, -0.25) is 4.79 Å². The maximum absolute atomic E-state index is 13.0. The number of aromatic nitrogens is 2. The lowest BCUT2D eigenvalue weighted by molar-refractivity contribution is 0.0796. The average Bonchev–Trinajstić information content (AvgIpc) is 3.04. The number of carbonyl (C=O) groups is 1. The molecular formula is C23H26ClN3O3. The van der Waals surface area contributed by atoms with Gasteiger partial charge in [0, 0.05) is 13.6 Å². The van der Waals surface area contributed by atoms with Crippen LogP contribution in [0.25, 0.3) is 0 Å². The summed E-state index contributed by atoms with van der Waals surface area (Å²) in [6.45, 7) is 2.86. The van der Waals surface area contributed by atoms with Crippen LogP contribution in [0.5, 0.6) is 11.5 Å². The van der Waals surface area contributed by atoms with Crippen molar-refractivity contribution in [2.45, 2.75) is 19.9 Å². The van der Waals surface area contributed by atoms with Gasteiger partial charge in [-0.1, -0.05) is 48.0 Å². The van der Waals surface area contributed by atoms with E-state index in [4.69, 9.17) is 21.1 Å². The molecular weight excluding hydrogens is 402 g/mol. The van der Waals surface area contributed by atoms with E-state index >= 15 is 0 Å². The molecule has 0 radical (unpaired) electrons. The SMILES string of the molecule is COc1ccc(CCN(C)C(=O)c2c(C)nn(Cc3ccccc3)c2Cl)cc1OC. The maximum Gasteiger partial charge on any atom is 0.258 e. The van der Waals surface area contributed by atoms with E-state index in [9.17, 15) is 4.79 Å². The summed E-state index contributed by atoms with van der Waals surface area (Å²) in [6, 6.07) is 15.7. The lowest BCUT2D eigenvalue weighted by Gasteiger charge is -2.18. The molecule has 158 valence electrons. The van der Waals surface area contributed by atoms with Gasteiger partial charge in [0.2, 0.25) is 0 Å². The van der Waals surface area contributed by atoms with Gasteiger partial charge in [-0.05, 0) is 36.6 Å². The molecule has 0 atom stereocenters. The first-order valence-corrected chi connectivity index (χ1v) is 10.1. The summed E-state index contributed by atoms with van der Waals surface area (Å²) < 4.78 is 12.3. The third-order valence-electron chi connectivity index (χ3n) is 4.98. The molecule has 0 bridgehead atoms. The van der Waals surface area contributed by atoms with E-state index in [0.29, 0.717) is 47.4 Å². The Labute approximate surface area is 182 Å². The summed E-state index contributed by atoms with van der Waals surface area (Å²) in [4.78, 5) is 14.7. The predicted molar refractivity (Wildman–Crippen MR) is 118 cm³/mol. The largest absolute Gasteiger partial charge is 0.493 e. The van der Waals surface area contributed by atoms with Crippen molar-refractivity contribution in [2.75, 3.05) is 27.8 Å². The number of halogens is 1. The van der Waals surface area contributed by atoms with Crippen molar-refractivity contribution in [1.82, 2.24) is 14.7 Å². The number of carbonyl (C=O) groups excluding carboxylic acids is 1. The fraction of sp³-hybridized carbons (Fsp3) is 0.304. The molecule has 0 aliphatic heterocycles. The van der Waals surface area contributed by atoms with Crippen molar-refractivity contribution < 1.29 is 14.3 Å². The molecule has 0 N–H and O–H groups in total. The Bertz CT molecular complexity index is 1020. The second kappa shape index (κ2) is 9.67. The zero-order valence-electron chi connectivity index (χ0n) is 17.7. The van der Waals surface area contributed by atoms with Gasteiger partial charge in [-0.15, -0.1) is 0 Å². The van der Waals surface area contributed by atoms with Crippen LogP contribution in [0.15, 0.2) is 48.5 Å². The van der Waals surface area contributed by atoms with Gasteiger partial charge in [0.05, 0.1) is 32.0 Å². The number of ether oxygens (including phenoxy) is 2. The number of likely N-dealkylation sites (N-methyl/N-ethyl adjacent to an activating group) is 1. The van der Waals surface area contributed by atoms with Crippen LogP contribution in [0.3, 0.4) is 0 Å². The van der Waals surface area contributed by atoms with Crippen LogP contribution in [-0.2, 0) is 13.0 Å². The minimum Gasteiger partial charge on any atom is -0.493 e. The van der Waals surface area contributed by atoms with Crippen LogP contribution < -0.4 is 9.47 Å². The highest BCUT2D eigenvalue weighted by atomic mass is 35.5. The maximum atomic E-state index is 13.0. The Hall–Kier alpha value is -2.99. The van der Waals surface area contributed by atoms with E-state index < -0.39 is 0 Å². The molecule has 1 aromatic heterocycles. The van der Waals surface area contributed by atoms with Gasteiger partial charge in [0.1, 0.15) is 5.15 Å². The number of aryl methyl sites for hydroxylation is 1. The van der Waals surface area contributed by atoms with Gasteiger partial charge in [0.15, 0.2) is 11.5 Å². The Morgan fingerprint density at radius 1 is 1.07 bits per heavy atom. The molecule has 0 aliphatic rings. The van der Waals surface area contributed by atoms with Crippen LogP contribution in [0, 0.1) is 6.92 Å². The average molecular weight is 428 g/mol. The number of hydrogen-bond acceptors (Lipinski definition) is 4. The van der Waals surface area contributed by atoms with E-state index in [1.807, 2.05) is 55.5 Å². The Morgan fingerprint density at radius 2 is 1.77 bits per heavy atom. The first-order chi connectivity index (χ1) is 14.4.